The van der Waals surface area contributed by atoms with Gasteiger partial charge in [-0.05, 0) is 18.9 Å². The van der Waals surface area contributed by atoms with Crippen molar-refractivity contribution in [2.45, 2.75) is 26.9 Å². The predicted octanol–water partition coefficient (Wildman–Crippen LogP) is 1.69. The average Bonchev–Trinajstić information content (AvgIpc) is 2.30. The van der Waals surface area contributed by atoms with E-state index in [2.05, 4.69) is 0 Å². The molecule has 4 nitrogen and oxygen atoms in total. The standard InChI is InChI=1S/C13H20O4S/c1-3-8-18(15,16)9-7-17-13-11(2)5-4-6-12(13)10-14/h4-6,14H,3,7-10H2,1-2H3. The molecule has 0 bridgehead atoms. The van der Waals surface area contributed by atoms with E-state index in [1.54, 1.807) is 6.07 Å². The summed E-state index contributed by atoms with van der Waals surface area (Å²) in [6, 6.07) is 5.47. The molecule has 18 heavy (non-hydrogen) atoms. The van der Waals surface area contributed by atoms with E-state index >= 15 is 0 Å². The molecule has 5 heteroatoms. The van der Waals surface area contributed by atoms with Crippen molar-refractivity contribution in [3.8, 4) is 5.75 Å². The zero-order valence-electron chi connectivity index (χ0n) is 10.8. The summed E-state index contributed by atoms with van der Waals surface area (Å²) in [7, 11) is -3.02. The van der Waals surface area contributed by atoms with Gasteiger partial charge in [0.05, 0.1) is 18.1 Å². The topological polar surface area (TPSA) is 63.6 Å². The molecule has 1 N–H and O–H groups in total. The molecule has 0 saturated carbocycles. The van der Waals surface area contributed by atoms with E-state index in [4.69, 9.17) is 4.74 Å². The minimum absolute atomic E-state index is 0.0139. The Balaban J connectivity index is 2.64. The Morgan fingerprint density at radius 3 is 2.61 bits per heavy atom. The van der Waals surface area contributed by atoms with Gasteiger partial charge in [-0.15, -0.1) is 0 Å². The van der Waals surface area contributed by atoms with Crippen molar-refractivity contribution >= 4 is 9.84 Å². The third-order valence-electron chi connectivity index (χ3n) is 2.62. The number of aliphatic hydroxyl groups is 1. The summed E-state index contributed by atoms with van der Waals surface area (Å²) in [5, 5.41) is 9.19. The van der Waals surface area contributed by atoms with Crippen molar-refractivity contribution in [3.63, 3.8) is 0 Å². The van der Waals surface area contributed by atoms with Crippen LogP contribution in [0.25, 0.3) is 0 Å². The third kappa shape index (κ3) is 4.31. The number of hydrogen-bond donors (Lipinski definition) is 1. The fourth-order valence-corrected chi connectivity index (χ4v) is 2.89. The Hall–Kier alpha value is -1.07. The van der Waals surface area contributed by atoms with Crippen LogP contribution in [0, 0.1) is 6.92 Å². The lowest BCUT2D eigenvalue weighted by atomic mass is 10.1. The molecule has 1 aromatic carbocycles. The first kappa shape index (κ1) is 15.0. The van der Waals surface area contributed by atoms with E-state index in [0.29, 0.717) is 17.7 Å². The second-order valence-electron chi connectivity index (χ2n) is 4.22. The number of ether oxygens (including phenoxy) is 1. The minimum Gasteiger partial charge on any atom is -0.492 e. The first-order valence-corrected chi connectivity index (χ1v) is 7.85. The Kier molecular flexibility index (Phi) is 5.62. The number of aryl methyl sites for hydroxylation is 1. The molecule has 0 radical (unpaired) electrons. The lowest BCUT2D eigenvalue weighted by molar-refractivity contribution is 0.266. The molecule has 0 heterocycles. The van der Waals surface area contributed by atoms with Crippen molar-refractivity contribution in [2.24, 2.45) is 0 Å². The SMILES string of the molecule is CCCS(=O)(=O)CCOc1c(C)cccc1CO. The number of para-hydroxylation sites is 1. The lowest BCUT2D eigenvalue weighted by Crippen LogP contribution is -2.17. The molecule has 0 saturated heterocycles. The smallest absolute Gasteiger partial charge is 0.153 e. The van der Waals surface area contributed by atoms with Crippen molar-refractivity contribution in [2.75, 3.05) is 18.1 Å². The summed E-state index contributed by atoms with van der Waals surface area (Å²) in [6.07, 6.45) is 0.620. The molecular formula is C13H20O4S. The van der Waals surface area contributed by atoms with E-state index in [0.717, 1.165) is 5.56 Å². The predicted molar refractivity (Wildman–Crippen MR) is 71.5 cm³/mol. The first-order chi connectivity index (χ1) is 8.50. The molecule has 0 atom stereocenters. The summed E-state index contributed by atoms with van der Waals surface area (Å²) < 4.78 is 28.6. The van der Waals surface area contributed by atoms with Crippen molar-refractivity contribution < 1.29 is 18.3 Å². The van der Waals surface area contributed by atoms with Crippen LogP contribution in [0.3, 0.4) is 0 Å². The Morgan fingerprint density at radius 1 is 1.28 bits per heavy atom. The van der Waals surface area contributed by atoms with Gasteiger partial charge in [0.1, 0.15) is 12.4 Å². The second kappa shape index (κ2) is 6.75. The van der Waals surface area contributed by atoms with E-state index < -0.39 is 9.84 Å². The second-order valence-corrected chi connectivity index (χ2v) is 6.53. The maximum Gasteiger partial charge on any atom is 0.153 e. The van der Waals surface area contributed by atoms with Gasteiger partial charge in [-0.2, -0.15) is 0 Å². The average molecular weight is 272 g/mol. The number of benzene rings is 1. The Morgan fingerprint density at radius 2 is 2.00 bits per heavy atom. The van der Waals surface area contributed by atoms with Crippen molar-refractivity contribution in [3.05, 3.63) is 29.3 Å². The fourth-order valence-electron chi connectivity index (χ4n) is 1.73. The summed E-state index contributed by atoms with van der Waals surface area (Å²) in [6.45, 7) is 3.72. The molecule has 0 fully saturated rings. The molecule has 0 aliphatic heterocycles. The Labute approximate surface area is 109 Å². The molecule has 102 valence electrons. The van der Waals surface area contributed by atoms with Gasteiger partial charge in [0.25, 0.3) is 0 Å². The van der Waals surface area contributed by atoms with Crippen LogP contribution in [0.4, 0.5) is 0 Å². The van der Waals surface area contributed by atoms with Gasteiger partial charge in [0.2, 0.25) is 0 Å². The zero-order valence-corrected chi connectivity index (χ0v) is 11.7. The van der Waals surface area contributed by atoms with Crippen LogP contribution in [-0.4, -0.2) is 31.6 Å². The molecule has 0 aromatic heterocycles. The maximum atomic E-state index is 11.5. The summed E-state index contributed by atoms with van der Waals surface area (Å²) in [4.78, 5) is 0. The van der Waals surface area contributed by atoms with Crippen LogP contribution in [0.15, 0.2) is 18.2 Å². The number of sulfone groups is 1. The highest BCUT2D eigenvalue weighted by Crippen LogP contribution is 2.23. The number of aliphatic hydroxyl groups excluding tert-OH is 1. The van der Waals surface area contributed by atoms with E-state index in [1.165, 1.54) is 0 Å². The van der Waals surface area contributed by atoms with Gasteiger partial charge >= 0.3 is 0 Å². The van der Waals surface area contributed by atoms with E-state index in [-0.39, 0.29) is 24.7 Å². The molecule has 0 spiro atoms. The largest absolute Gasteiger partial charge is 0.492 e. The van der Waals surface area contributed by atoms with Crippen LogP contribution >= 0.6 is 0 Å². The molecule has 0 unspecified atom stereocenters. The third-order valence-corrected chi connectivity index (χ3v) is 4.44. The van der Waals surface area contributed by atoms with Gasteiger partial charge < -0.3 is 9.84 Å². The van der Waals surface area contributed by atoms with Gasteiger partial charge in [-0.3, -0.25) is 0 Å². The van der Waals surface area contributed by atoms with Crippen LogP contribution in [-0.2, 0) is 16.4 Å². The minimum atomic E-state index is -3.02. The van der Waals surface area contributed by atoms with Crippen molar-refractivity contribution in [1.29, 1.82) is 0 Å². The van der Waals surface area contributed by atoms with Crippen LogP contribution in [0.5, 0.6) is 5.75 Å². The number of rotatable bonds is 7. The van der Waals surface area contributed by atoms with Crippen LogP contribution in [0.2, 0.25) is 0 Å². The summed E-state index contributed by atoms with van der Waals surface area (Å²) >= 11 is 0. The summed E-state index contributed by atoms with van der Waals surface area (Å²) in [5.74, 6) is 0.795. The quantitative estimate of drug-likeness (QED) is 0.820. The molecular weight excluding hydrogens is 252 g/mol. The van der Waals surface area contributed by atoms with Crippen LogP contribution < -0.4 is 4.74 Å². The Bertz CT molecular complexity index is 480. The highest BCUT2D eigenvalue weighted by atomic mass is 32.2. The summed E-state index contributed by atoms with van der Waals surface area (Å²) in [5.41, 5.74) is 1.58. The van der Waals surface area contributed by atoms with E-state index in [1.807, 2.05) is 26.0 Å². The fraction of sp³-hybridized carbons (Fsp3) is 0.538. The molecule has 0 aliphatic carbocycles. The molecule has 1 aromatic rings. The molecule has 0 amide bonds. The first-order valence-electron chi connectivity index (χ1n) is 6.02. The van der Waals surface area contributed by atoms with Crippen LogP contribution in [0.1, 0.15) is 24.5 Å². The molecule has 1 rings (SSSR count). The van der Waals surface area contributed by atoms with Gasteiger partial charge in [-0.25, -0.2) is 8.42 Å². The van der Waals surface area contributed by atoms with Gasteiger partial charge in [0, 0.05) is 5.56 Å². The zero-order chi connectivity index (χ0) is 13.6. The monoisotopic (exact) mass is 272 g/mol. The lowest BCUT2D eigenvalue weighted by Gasteiger charge is -2.12. The molecule has 0 aliphatic rings. The van der Waals surface area contributed by atoms with Gasteiger partial charge in [0.15, 0.2) is 9.84 Å². The van der Waals surface area contributed by atoms with Gasteiger partial charge in [-0.1, -0.05) is 25.1 Å². The maximum absolute atomic E-state index is 11.5. The van der Waals surface area contributed by atoms with Crippen molar-refractivity contribution in [1.82, 2.24) is 0 Å². The highest BCUT2D eigenvalue weighted by Gasteiger charge is 2.11. The van der Waals surface area contributed by atoms with E-state index in [9.17, 15) is 13.5 Å². The number of hydrogen-bond acceptors (Lipinski definition) is 4. The highest BCUT2D eigenvalue weighted by molar-refractivity contribution is 7.91. The normalized spacial score (nSPS) is 11.5.